The minimum atomic E-state index is -0.571. The number of fused-ring (bicyclic) bond motifs is 1. The predicted molar refractivity (Wildman–Crippen MR) is 69.5 cm³/mol. The van der Waals surface area contributed by atoms with E-state index in [4.69, 9.17) is 10.5 Å². The number of hydrogen-bond donors (Lipinski definition) is 1. The van der Waals surface area contributed by atoms with Crippen molar-refractivity contribution in [3.63, 3.8) is 0 Å². The van der Waals surface area contributed by atoms with Gasteiger partial charge in [0.25, 0.3) is 0 Å². The summed E-state index contributed by atoms with van der Waals surface area (Å²) in [6.07, 6.45) is -0.468. The van der Waals surface area contributed by atoms with Crippen LogP contribution >= 0.6 is 0 Å². The minimum Gasteiger partial charge on any atom is -0.482 e. The summed E-state index contributed by atoms with van der Waals surface area (Å²) in [5.74, 6) is -0.986. The zero-order chi connectivity index (χ0) is 14.3. The van der Waals surface area contributed by atoms with E-state index < -0.39 is 11.9 Å². The van der Waals surface area contributed by atoms with Crippen molar-refractivity contribution in [2.75, 3.05) is 5.73 Å². The lowest BCUT2D eigenvalue weighted by atomic mass is 9.95. The van der Waals surface area contributed by atoms with Crippen LogP contribution in [-0.2, 0) is 0 Å². The van der Waals surface area contributed by atoms with Crippen LogP contribution in [0.5, 0.6) is 5.75 Å². The van der Waals surface area contributed by atoms with E-state index in [1.54, 1.807) is 12.1 Å². The number of rotatable bonds is 1. The minimum absolute atomic E-state index is 0.0710. The van der Waals surface area contributed by atoms with Crippen molar-refractivity contribution in [2.24, 2.45) is 0 Å². The van der Waals surface area contributed by atoms with Crippen LogP contribution < -0.4 is 10.5 Å². The van der Waals surface area contributed by atoms with Crippen LogP contribution in [-0.4, -0.2) is 5.78 Å². The summed E-state index contributed by atoms with van der Waals surface area (Å²) < 4.78 is 31.9. The van der Waals surface area contributed by atoms with E-state index in [0.717, 1.165) is 12.1 Å². The van der Waals surface area contributed by atoms with E-state index in [1.807, 2.05) is 0 Å². The second kappa shape index (κ2) is 4.59. The molecule has 2 N–H and O–H groups in total. The molecule has 102 valence electrons. The van der Waals surface area contributed by atoms with Crippen molar-refractivity contribution in [2.45, 2.75) is 12.5 Å². The number of nitrogens with two attached hydrogens (primary N) is 1. The molecule has 0 saturated heterocycles. The van der Waals surface area contributed by atoms with Crippen LogP contribution in [0, 0.1) is 11.6 Å². The monoisotopic (exact) mass is 275 g/mol. The van der Waals surface area contributed by atoms with Crippen LogP contribution in [0.4, 0.5) is 14.5 Å². The summed E-state index contributed by atoms with van der Waals surface area (Å²) in [6.45, 7) is 0. The van der Waals surface area contributed by atoms with E-state index in [-0.39, 0.29) is 35.0 Å². The third-order valence-electron chi connectivity index (χ3n) is 3.26. The maximum Gasteiger partial charge on any atom is 0.170 e. The second-order valence-electron chi connectivity index (χ2n) is 4.66. The van der Waals surface area contributed by atoms with E-state index in [1.165, 1.54) is 12.1 Å². The lowest BCUT2D eigenvalue weighted by Crippen LogP contribution is -2.21. The topological polar surface area (TPSA) is 52.3 Å². The molecule has 3 nitrogen and oxygen atoms in total. The van der Waals surface area contributed by atoms with Crippen molar-refractivity contribution in [3.8, 4) is 5.75 Å². The Morgan fingerprint density at radius 2 is 1.80 bits per heavy atom. The third kappa shape index (κ3) is 2.11. The Kier molecular flexibility index (Phi) is 2.89. The van der Waals surface area contributed by atoms with Crippen molar-refractivity contribution in [3.05, 3.63) is 59.2 Å². The van der Waals surface area contributed by atoms with E-state index in [2.05, 4.69) is 0 Å². The average molecular weight is 275 g/mol. The third-order valence-corrected chi connectivity index (χ3v) is 3.26. The molecule has 0 spiro atoms. The Morgan fingerprint density at radius 1 is 1.10 bits per heavy atom. The number of Topliss-reactive ketones (excluding diaryl/α,β-unsaturated/α-hetero) is 1. The molecule has 0 radical (unpaired) electrons. The molecule has 3 rings (SSSR count). The van der Waals surface area contributed by atoms with Crippen molar-refractivity contribution in [1.82, 2.24) is 0 Å². The Morgan fingerprint density at radius 3 is 2.50 bits per heavy atom. The number of nitrogen functional groups attached to an aromatic ring is 1. The molecule has 0 aromatic heterocycles. The predicted octanol–water partition coefficient (Wildman–Crippen LogP) is 3.25. The SMILES string of the molecule is Nc1cc(F)cc2c1OC(c1ccc(F)cc1)CC2=O. The number of ketones is 1. The molecule has 1 unspecified atom stereocenters. The zero-order valence-corrected chi connectivity index (χ0v) is 10.4. The van der Waals surface area contributed by atoms with Gasteiger partial charge < -0.3 is 10.5 Å². The molecule has 0 aliphatic carbocycles. The normalized spacial score (nSPS) is 17.5. The molecule has 0 amide bonds. The number of benzene rings is 2. The number of carbonyl (C=O) groups excluding carboxylic acids is 1. The summed E-state index contributed by atoms with van der Waals surface area (Å²) in [5.41, 5.74) is 6.60. The van der Waals surface area contributed by atoms with Gasteiger partial charge in [-0.2, -0.15) is 0 Å². The van der Waals surface area contributed by atoms with Gasteiger partial charge in [-0.1, -0.05) is 12.1 Å². The average Bonchev–Trinajstić information content (AvgIpc) is 2.40. The number of carbonyl (C=O) groups is 1. The van der Waals surface area contributed by atoms with Gasteiger partial charge in [-0.15, -0.1) is 0 Å². The highest BCUT2D eigenvalue weighted by atomic mass is 19.1. The summed E-state index contributed by atoms with van der Waals surface area (Å²) >= 11 is 0. The smallest absolute Gasteiger partial charge is 0.170 e. The highest BCUT2D eigenvalue weighted by Crippen LogP contribution is 2.39. The summed E-state index contributed by atoms with van der Waals surface area (Å²) in [7, 11) is 0. The molecule has 2 aromatic carbocycles. The second-order valence-corrected chi connectivity index (χ2v) is 4.66. The maximum atomic E-state index is 13.3. The quantitative estimate of drug-likeness (QED) is 0.813. The fourth-order valence-electron chi connectivity index (χ4n) is 2.28. The van der Waals surface area contributed by atoms with Crippen molar-refractivity contribution < 1.29 is 18.3 Å². The Balaban J connectivity index is 2.00. The zero-order valence-electron chi connectivity index (χ0n) is 10.4. The van der Waals surface area contributed by atoms with Crippen LogP contribution in [0.15, 0.2) is 36.4 Å². The first-order valence-electron chi connectivity index (χ1n) is 6.09. The fraction of sp³-hybridized carbons (Fsp3) is 0.133. The molecule has 1 atom stereocenters. The van der Waals surface area contributed by atoms with Gasteiger partial charge in [-0.3, -0.25) is 4.79 Å². The van der Waals surface area contributed by atoms with Crippen molar-refractivity contribution >= 4 is 11.5 Å². The summed E-state index contributed by atoms with van der Waals surface area (Å²) in [6, 6.07) is 7.93. The van der Waals surface area contributed by atoms with Crippen LogP contribution in [0.1, 0.15) is 28.4 Å². The van der Waals surface area contributed by atoms with Gasteiger partial charge >= 0.3 is 0 Å². The van der Waals surface area contributed by atoms with Crippen LogP contribution in [0.25, 0.3) is 0 Å². The number of hydrogen-bond acceptors (Lipinski definition) is 3. The van der Waals surface area contributed by atoms with Gasteiger partial charge in [0.05, 0.1) is 17.7 Å². The van der Waals surface area contributed by atoms with Gasteiger partial charge in [0, 0.05) is 6.07 Å². The molecular formula is C15H11F2NO2. The van der Waals surface area contributed by atoms with Gasteiger partial charge in [-0.25, -0.2) is 8.78 Å². The van der Waals surface area contributed by atoms with Crippen LogP contribution in [0.2, 0.25) is 0 Å². The first kappa shape index (κ1) is 12.6. The molecule has 0 saturated carbocycles. The van der Waals surface area contributed by atoms with E-state index >= 15 is 0 Å². The molecule has 20 heavy (non-hydrogen) atoms. The van der Waals surface area contributed by atoms with Gasteiger partial charge in [0.1, 0.15) is 17.7 Å². The first-order chi connectivity index (χ1) is 9.54. The fourth-order valence-corrected chi connectivity index (χ4v) is 2.28. The largest absolute Gasteiger partial charge is 0.482 e. The summed E-state index contributed by atoms with van der Waals surface area (Å²) in [4.78, 5) is 12.1. The standard InChI is InChI=1S/C15H11F2NO2/c16-9-3-1-8(2-4-9)14-7-13(19)11-5-10(17)6-12(18)15(11)20-14/h1-6,14H,7,18H2. The van der Waals surface area contributed by atoms with Gasteiger partial charge in [0.2, 0.25) is 0 Å². The van der Waals surface area contributed by atoms with Gasteiger partial charge in [-0.05, 0) is 23.8 Å². The van der Waals surface area contributed by atoms with E-state index in [0.29, 0.717) is 5.56 Å². The molecular weight excluding hydrogens is 264 g/mol. The van der Waals surface area contributed by atoms with E-state index in [9.17, 15) is 13.6 Å². The molecule has 1 heterocycles. The van der Waals surface area contributed by atoms with Crippen LogP contribution in [0.3, 0.4) is 0 Å². The number of halogens is 2. The Bertz CT molecular complexity index is 683. The highest BCUT2D eigenvalue weighted by molar-refractivity contribution is 6.01. The number of ether oxygens (including phenoxy) is 1. The molecule has 0 bridgehead atoms. The van der Waals surface area contributed by atoms with Crippen molar-refractivity contribution in [1.29, 1.82) is 0 Å². The number of anilines is 1. The highest BCUT2D eigenvalue weighted by Gasteiger charge is 2.29. The first-order valence-corrected chi connectivity index (χ1v) is 6.09. The molecule has 2 aromatic rings. The Labute approximate surface area is 114 Å². The maximum absolute atomic E-state index is 13.3. The Hall–Kier alpha value is -2.43. The lowest BCUT2D eigenvalue weighted by Gasteiger charge is -2.26. The molecule has 0 fully saturated rings. The van der Waals surface area contributed by atoms with Gasteiger partial charge in [0.15, 0.2) is 11.5 Å². The molecule has 1 aliphatic rings. The lowest BCUT2D eigenvalue weighted by molar-refractivity contribution is 0.0850. The molecule has 1 aliphatic heterocycles. The molecule has 5 heteroatoms. The summed E-state index contributed by atoms with van der Waals surface area (Å²) in [5, 5.41) is 0.